The fourth-order valence-corrected chi connectivity index (χ4v) is 2.67. The summed E-state index contributed by atoms with van der Waals surface area (Å²) in [6, 6.07) is 9.17. The molecule has 174 valence electrons. The van der Waals surface area contributed by atoms with E-state index in [-0.39, 0.29) is 18.0 Å². The number of para-hydroxylation sites is 1. The van der Waals surface area contributed by atoms with Crippen molar-refractivity contribution >= 4 is 17.5 Å². The minimum Gasteiger partial charge on any atom is -0.396 e. The van der Waals surface area contributed by atoms with Crippen LogP contribution in [0.1, 0.15) is 78.6 Å². The van der Waals surface area contributed by atoms with Crippen LogP contribution in [-0.2, 0) is 9.59 Å². The molecule has 1 atom stereocenters. The van der Waals surface area contributed by atoms with E-state index in [1.807, 2.05) is 25.1 Å². The fraction of sp³-hybridized carbons (Fsp3) is 0.652. The Labute approximate surface area is 182 Å². The molecular formula is C23H43N3O4. The van der Waals surface area contributed by atoms with Gasteiger partial charge in [-0.1, -0.05) is 77.5 Å². The maximum atomic E-state index is 12.1. The van der Waals surface area contributed by atoms with E-state index >= 15 is 0 Å². The molecule has 0 aliphatic carbocycles. The van der Waals surface area contributed by atoms with Crippen LogP contribution in [0, 0.1) is 5.92 Å². The lowest BCUT2D eigenvalue weighted by molar-refractivity contribution is -0.127. The smallest absolute Gasteiger partial charge is 0.258 e. The highest BCUT2D eigenvalue weighted by Crippen LogP contribution is 2.22. The van der Waals surface area contributed by atoms with Gasteiger partial charge >= 0.3 is 0 Å². The Kier molecular flexibility index (Phi) is 20.5. The number of hydrogen-bond donors (Lipinski definition) is 4. The van der Waals surface area contributed by atoms with Crippen molar-refractivity contribution in [3.05, 3.63) is 30.3 Å². The molecule has 1 aliphatic rings. The Morgan fingerprint density at radius 3 is 1.73 bits per heavy atom. The van der Waals surface area contributed by atoms with E-state index in [1.165, 1.54) is 17.9 Å². The second-order valence-corrected chi connectivity index (χ2v) is 7.04. The molecule has 1 saturated heterocycles. The predicted molar refractivity (Wildman–Crippen MR) is 123 cm³/mol. The number of unbranched alkanes of at least 4 members (excludes halogenated alkanes) is 5. The summed E-state index contributed by atoms with van der Waals surface area (Å²) in [4.78, 5) is 23.8. The molecule has 1 fully saturated rings. The van der Waals surface area contributed by atoms with Crippen LogP contribution in [0.3, 0.4) is 0 Å². The molecule has 1 aromatic carbocycles. The molecule has 1 unspecified atom stereocenters. The van der Waals surface area contributed by atoms with Crippen molar-refractivity contribution in [3.63, 3.8) is 0 Å². The van der Waals surface area contributed by atoms with Gasteiger partial charge in [0.25, 0.3) is 11.8 Å². The number of amides is 2. The molecule has 1 heterocycles. The molecule has 2 amide bonds. The second kappa shape index (κ2) is 20.3. The molecule has 0 radical (unpaired) electrons. The van der Waals surface area contributed by atoms with E-state index in [1.54, 1.807) is 12.1 Å². The maximum absolute atomic E-state index is 12.1. The standard InChI is InChI=1S/C13H16N2O2.2C5H12O.H3N/c1-2-3-9-11-12(16)14-15(13(11)17)10-7-5-4-6-8-10;2*1-2-3-4-5-6;/h4-8,11H,2-3,9H2,1H3,(H,14,16);2*6H,2-5H2,1H3;1H3. The van der Waals surface area contributed by atoms with Gasteiger partial charge in [0, 0.05) is 13.2 Å². The van der Waals surface area contributed by atoms with Gasteiger partial charge in [-0.3, -0.25) is 15.0 Å². The molecule has 7 nitrogen and oxygen atoms in total. The number of aliphatic hydroxyl groups is 2. The van der Waals surface area contributed by atoms with Crippen molar-refractivity contribution < 1.29 is 19.8 Å². The van der Waals surface area contributed by atoms with E-state index in [0.29, 0.717) is 25.3 Å². The number of hydrogen-bond acceptors (Lipinski definition) is 5. The Bertz CT molecular complexity index is 525. The molecule has 7 heteroatoms. The van der Waals surface area contributed by atoms with Gasteiger partial charge in [0.1, 0.15) is 5.92 Å². The van der Waals surface area contributed by atoms with E-state index in [4.69, 9.17) is 10.2 Å². The molecule has 1 aliphatic heterocycles. The summed E-state index contributed by atoms with van der Waals surface area (Å²) in [7, 11) is 0. The predicted octanol–water partition coefficient (Wildman–Crippen LogP) is 4.37. The molecule has 1 aromatic rings. The van der Waals surface area contributed by atoms with Crippen molar-refractivity contribution in [2.45, 2.75) is 78.6 Å². The number of nitrogens with zero attached hydrogens (tertiary/aromatic N) is 1. The van der Waals surface area contributed by atoms with Gasteiger partial charge in [-0.25, -0.2) is 5.01 Å². The lowest BCUT2D eigenvalue weighted by Gasteiger charge is -2.14. The zero-order chi connectivity index (χ0) is 21.9. The summed E-state index contributed by atoms with van der Waals surface area (Å²) in [5.74, 6) is -0.850. The topological polar surface area (TPSA) is 125 Å². The van der Waals surface area contributed by atoms with E-state index in [0.717, 1.165) is 38.5 Å². The molecule has 0 aromatic heterocycles. The van der Waals surface area contributed by atoms with Crippen molar-refractivity contribution in [2.75, 3.05) is 18.2 Å². The van der Waals surface area contributed by atoms with Crippen LogP contribution in [0.5, 0.6) is 0 Å². The number of hydrazine groups is 1. The van der Waals surface area contributed by atoms with Crippen LogP contribution >= 0.6 is 0 Å². The van der Waals surface area contributed by atoms with Crippen LogP contribution in [0.4, 0.5) is 5.69 Å². The summed E-state index contributed by atoms with van der Waals surface area (Å²) in [5, 5.41) is 17.7. The third-order valence-corrected chi connectivity index (χ3v) is 4.44. The third kappa shape index (κ3) is 12.6. The summed E-state index contributed by atoms with van der Waals surface area (Å²) in [6.45, 7) is 7.00. The van der Waals surface area contributed by atoms with Crippen LogP contribution in [0.15, 0.2) is 30.3 Å². The quantitative estimate of drug-likeness (QED) is 0.327. The molecule has 2 rings (SSSR count). The van der Waals surface area contributed by atoms with Gasteiger partial charge in [0.15, 0.2) is 0 Å². The zero-order valence-corrected chi connectivity index (χ0v) is 19.1. The van der Waals surface area contributed by atoms with Crippen molar-refractivity contribution in [3.8, 4) is 0 Å². The summed E-state index contributed by atoms with van der Waals surface area (Å²) in [5.41, 5.74) is 3.34. The second-order valence-electron chi connectivity index (χ2n) is 7.04. The van der Waals surface area contributed by atoms with Crippen molar-refractivity contribution in [1.29, 1.82) is 0 Å². The van der Waals surface area contributed by atoms with Crippen LogP contribution in [0.25, 0.3) is 0 Å². The largest absolute Gasteiger partial charge is 0.396 e. The maximum Gasteiger partial charge on any atom is 0.258 e. The molecule has 0 saturated carbocycles. The van der Waals surface area contributed by atoms with Crippen LogP contribution in [0.2, 0.25) is 0 Å². The Hall–Kier alpha value is -1.96. The van der Waals surface area contributed by atoms with E-state index in [9.17, 15) is 9.59 Å². The highest BCUT2D eigenvalue weighted by atomic mass is 16.3. The van der Waals surface area contributed by atoms with E-state index in [2.05, 4.69) is 19.3 Å². The summed E-state index contributed by atoms with van der Waals surface area (Å²) < 4.78 is 0. The molecule has 30 heavy (non-hydrogen) atoms. The minimum absolute atomic E-state index is 0. The first-order chi connectivity index (χ1) is 14.1. The highest BCUT2D eigenvalue weighted by Gasteiger charge is 2.39. The van der Waals surface area contributed by atoms with Crippen molar-refractivity contribution in [2.24, 2.45) is 5.92 Å². The van der Waals surface area contributed by atoms with Gasteiger partial charge < -0.3 is 16.4 Å². The number of benzene rings is 1. The number of carbonyl (C=O) groups excluding carboxylic acids is 2. The average molecular weight is 426 g/mol. The number of rotatable bonds is 10. The van der Waals surface area contributed by atoms with Gasteiger partial charge in [0.05, 0.1) is 5.69 Å². The number of nitrogens with one attached hydrogen (secondary N) is 1. The number of carbonyl (C=O) groups is 2. The Morgan fingerprint density at radius 2 is 1.33 bits per heavy atom. The monoisotopic (exact) mass is 425 g/mol. The normalized spacial score (nSPS) is 14.7. The first kappa shape index (κ1) is 30.2. The average Bonchev–Trinajstić information content (AvgIpc) is 3.04. The molecule has 0 spiro atoms. The van der Waals surface area contributed by atoms with Crippen molar-refractivity contribution in [1.82, 2.24) is 11.6 Å². The first-order valence-electron chi connectivity index (χ1n) is 11.0. The van der Waals surface area contributed by atoms with Gasteiger partial charge in [0.2, 0.25) is 0 Å². The number of anilines is 1. The molecular weight excluding hydrogens is 382 g/mol. The zero-order valence-electron chi connectivity index (χ0n) is 19.1. The SMILES string of the molecule is CCCCC1C(=O)NN(c2ccccc2)C1=O.CCCCCO.CCCCCO.N. The Morgan fingerprint density at radius 1 is 0.833 bits per heavy atom. The summed E-state index contributed by atoms with van der Waals surface area (Å²) >= 11 is 0. The van der Waals surface area contributed by atoms with Gasteiger partial charge in [-0.05, 0) is 31.4 Å². The number of aliphatic hydroxyl groups excluding tert-OH is 2. The molecule has 6 N–H and O–H groups in total. The van der Waals surface area contributed by atoms with Crippen LogP contribution in [-0.4, -0.2) is 35.2 Å². The lowest BCUT2D eigenvalue weighted by Crippen LogP contribution is -2.35. The van der Waals surface area contributed by atoms with Gasteiger partial charge in [-0.15, -0.1) is 0 Å². The van der Waals surface area contributed by atoms with E-state index < -0.39 is 5.92 Å². The highest BCUT2D eigenvalue weighted by molar-refractivity contribution is 6.14. The fourth-order valence-electron chi connectivity index (χ4n) is 2.67. The molecule has 0 bridgehead atoms. The third-order valence-electron chi connectivity index (χ3n) is 4.44. The van der Waals surface area contributed by atoms with Gasteiger partial charge in [-0.2, -0.15) is 0 Å². The Balaban J connectivity index is 0. The summed E-state index contributed by atoms with van der Waals surface area (Å²) in [6.07, 6.45) is 9.17. The minimum atomic E-state index is -0.518. The first-order valence-corrected chi connectivity index (χ1v) is 11.0. The van der Waals surface area contributed by atoms with Crippen LogP contribution < -0.4 is 16.6 Å². The lowest BCUT2D eigenvalue weighted by atomic mass is 10.0.